The van der Waals surface area contributed by atoms with E-state index in [9.17, 15) is 19.6 Å². The molecule has 0 aromatic heterocycles. The Kier molecular flexibility index (Phi) is 8.80. The van der Waals surface area contributed by atoms with Crippen molar-refractivity contribution in [3.8, 4) is 6.07 Å². The summed E-state index contributed by atoms with van der Waals surface area (Å²) in [5.41, 5.74) is 1.02. The monoisotopic (exact) mass is 421 g/mol. The fraction of sp³-hybridized carbons (Fsp3) is 0.217. The second-order valence-corrected chi connectivity index (χ2v) is 6.38. The maximum atomic E-state index is 12.6. The molecule has 0 saturated heterocycles. The van der Waals surface area contributed by atoms with E-state index in [4.69, 9.17) is 4.74 Å². The molecular formula is C23H23N3O5. The number of benzene rings is 2. The van der Waals surface area contributed by atoms with Gasteiger partial charge in [0, 0.05) is 11.9 Å². The first kappa shape index (κ1) is 23.2. The van der Waals surface area contributed by atoms with E-state index in [-0.39, 0.29) is 23.4 Å². The minimum absolute atomic E-state index is 0.197. The van der Waals surface area contributed by atoms with Crippen molar-refractivity contribution >= 4 is 29.2 Å². The Hall–Kier alpha value is -4.12. The molecule has 1 amide bonds. The second-order valence-electron chi connectivity index (χ2n) is 6.38. The first-order valence-corrected chi connectivity index (χ1v) is 9.62. The van der Waals surface area contributed by atoms with Crippen molar-refractivity contribution in [2.24, 2.45) is 0 Å². The lowest BCUT2D eigenvalue weighted by molar-refractivity contribution is -0.112. The molecule has 0 radical (unpaired) electrons. The van der Waals surface area contributed by atoms with Gasteiger partial charge in [0.1, 0.15) is 11.6 Å². The Morgan fingerprint density at radius 3 is 2.58 bits per heavy atom. The van der Waals surface area contributed by atoms with E-state index < -0.39 is 17.8 Å². The Labute approximate surface area is 180 Å². The average molecular weight is 421 g/mol. The third-order valence-corrected chi connectivity index (χ3v) is 4.16. The van der Waals surface area contributed by atoms with Crippen LogP contribution in [0.15, 0.2) is 60.3 Å². The molecule has 0 aliphatic carbocycles. The molecule has 8 nitrogen and oxygen atoms in total. The summed E-state index contributed by atoms with van der Waals surface area (Å²) >= 11 is 0. The molecule has 160 valence electrons. The molecule has 0 bridgehead atoms. The largest absolute Gasteiger partial charge is 0.465 e. The van der Waals surface area contributed by atoms with Crippen LogP contribution in [0, 0.1) is 11.3 Å². The number of hydrogen-bond donors (Lipinski definition) is 2. The number of esters is 2. The third kappa shape index (κ3) is 6.72. The van der Waals surface area contributed by atoms with Crippen molar-refractivity contribution in [1.82, 2.24) is 0 Å². The Morgan fingerprint density at radius 1 is 1.10 bits per heavy atom. The number of carbonyl (C=O) groups is 3. The molecule has 2 rings (SSSR count). The maximum absolute atomic E-state index is 12.6. The van der Waals surface area contributed by atoms with Gasteiger partial charge in [0.2, 0.25) is 0 Å². The second kappa shape index (κ2) is 11.8. The van der Waals surface area contributed by atoms with Crippen molar-refractivity contribution in [2.45, 2.75) is 19.8 Å². The molecule has 0 spiro atoms. The van der Waals surface area contributed by atoms with Crippen LogP contribution in [0.3, 0.4) is 0 Å². The summed E-state index contributed by atoms with van der Waals surface area (Å²) in [7, 11) is 1.28. The molecule has 0 aliphatic rings. The highest BCUT2D eigenvalue weighted by Gasteiger charge is 2.16. The molecule has 31 heavy (non-hydrogen) atoms. The van der Waals surface area contributed by atoms with Gasteiger partial charge in [0.15, 0.2) is 0 Å². The highest BCUT2D eigenvalue weighted by Crippen LogP contribution is 2.18. The van der Waals surface area contributed by atoms with Crippen molar-refractivity contribution in [2.75, 3.05) is 24.4 Å². The van der Waals surface area contributed by atoms with Crippen LogP contribution in [-0.2, 0) is 14.3 Å². The number of para-hydroxylation sites is 1. The first-order valence-electron chi connectivity index (χ1n) is 9.62. The number of methoxy groups -OCH3 is 1. The van der Waals surface area contributed by atoms with Crippen molar-refractivity contribution in [1.29, 1.82) is 5.26 Å². The topological polar surface area (TPSA) is 118 Å². The summed E-state index contributed by atoms with van der Waals surface area (Å²) in [6, 6.07) is 14.6. The standard InChI is InChI=1S/C23H23N3O5/c1-3-4-12-31-23(29)19-10-5-6-11-20(19)26-21(27)17(14-24)15-25-18-9-7-8-16(13-18)22(28)30-2/h5-11,13,15,25H,3-4,12H2,1-2H3,(H,26,27)/b17-15-. The van der Waals surface area contributed by atoms with E-state index in [1.807, 2.05) is 13.0 Å². The fourth-order valence-corrected chi connectivity index (χ4v) is 2.50. The van der Waals surface area contributed by atoms with Crippen LogP contribution in [0.4, 0.5) is 11.4 Å². The van der Waals surface area contributed by atoms with E-state index in [1.54, 1.807) is 36.4 Å². The number of unbranched alkanes of at least 4 members (excludes halogenated alkanes) is 1. The third-order valence-electron chi connectivity index (χ3n) is 4.16. The molecule has 2 aromatic carbocycles. The molecule has 0 unspecified atom stereocenters. The van der Waals surface area contributed by atoms with E-state index in [0.717, 1.165) is 12.8 Å². The summed E-state index contributed by atoms with van der Waals surface area (Å²) in [6.07, 6.45) is 2.84. The summed E-state index contributed by atoms with van der Waals surface area (Å²) in [6.45, 7) is 2.27. The minimum atomic E-state index is -0.701. The zero-order chi connectivity index (χ0) is 22.6. The molecule has 0 saturated carbocycles. The van der Waals surface area contributed by atoms with Gasteiger partial charge < -0.3 is 20.1 Å². The van der Waals surface area contributed by atoms with Gasteiger partial charge in [-0.2, -0.15) is 5.26 Å². The van der Waals surface area contributed by atoms with Gasteiger partial charge in [-0.05, 0) is 36.8 Å². The summed E-state index contributed by atoms with van der Waals surface area (Å²) in [5.74, 6) is -1.76. The first-order chi connectivity index (χ1) is 15.0. The molecule has 2 N–H and O–H groups in total. The van der Waals surface area contributed by atoms with Gasteiger partial charge in [-0.1, -0.05) is 31.5 Å². The summed E-state index contributed by atoms with van der Waals surface area (Å²) in [4.78, 5) is 36.5. The molecule has 0 aliphatic heterocycles. The van der Waals surface area contributed by atoms with Crippen molar-refractivity contribution in [3.05, 3.63) is 71.4 Å². The van der Waals surface area contributed by atoms with Gasteiger partial charge >= 0.3 is 11.9 Å². The van der Waals surface area contributed by atoms with E-state index in [1.165, 1.54) is 25.4 Å². The SMILES string of the molecule is CCCCOC(=O)c1ccccc1NC(=O)/C(C#N)=C\Nc1cccc(C(=O)OC)c1. The van der Waals surface area contributed by atoms with Crippen LogP contribution in [0.5, 0.6) is 0 Å². The molecular weight excluding hydrogens is 398 g/mol. The smallest absolute Gasteiger partial charge is 0.340 e. The van der Waals surface area contributed by atoms with Gasteiger partial charge in [-0.15, -0.1) is 0 Å². The Bertz CT molecular complexity index is 1020. The number of nitrogens with one attached hydrogen (secondary N) is 2. The molecule has 0 fully saturated rings. The van der Waals surface area contributed by atoms with Crippen LogP contribution >= 0.6 is 0 Å². The highest BCUT2D eigenvalue weighted by atomic mass is 16.5. The van der Waals surface area contributed by atoms with Crippen LogP contribution in [-0.4, -0.2) is 31.6 Å². The van der Waals surface area contributed by atoms with Gasteiger partial charge in [-0.25, -0.2) is 9.59 Å². The number of rotatable bonds is 9. The van der Waals surface area contributed by atoms with Crippen LogP contribution in [0.1, 0.15) is 40.5 Å². The quantitative estimate of drug-likeness (QED) is 0.273. The molecule has 0 atom stereocenters. The minimum Gasteiger partial charge on any atom is -0.465 e. The molecule has 0 heterocycles. The van der Waals surface area contributed by atoms with E-state index in [2.05, 4.69) is 15.4 Å². The van der Waals surface area contributed by atoms with Crippen molar-refractivity contribution < 1.29 is 23.9 Å². The van der Waals surface area contributed by atoms with Gasteiger partial charge in [0.05, 0.1) is 30.5 Å². The van der Waals surface area contributed by atoms with Crippen LogP contribution in [0.2, 0.25) is 0 Å². The number of ether oxygens (including phenoxy) is 2. The average Bonchev–Trinajstić information content (AvgIpc) is 2.79. The summed E-state index contributed by atoms with van der Waals surface area (Å²) in [5, 5.41) is 14.7. The number of carbonyl (C=O) groups excluding carboxylic acids is 3. The Balaban J connectivity index is 2.13. The zero-order valence-corrected chi connectivity index (χ0v) is 17.3. The van der Waals surface area contributed by atoms with E-state index >= 15 is 0 Å². The van der Waals surface area contributed by atoms with Gasteiger partial charge in [-0.3, -0.25) is 4.79 Å². The number of nitriles is 1. The lowest BCUT2D eigenvalue weighted by atomic mass is 10.1. The lowest BCUT2D eigenvalue weighted by Crippen LogP contribution is -2.18. The lowest BCUT2D eigenvalue weighted by Gasteiger charge is -2.11. The number of amides is 1. The van der Waals surface area contributed by atoms with E-state index in [0.29, 0.717) is 11.3 Å². The Morgan fingerprint density at radius 2 is 1.87 bits per heavy atom. The molecule has 2 aromatic rings. The fourth-order valence-electron chi connectivity index (χ4n) is 2.50. The highest BCUT2D eigenvalue weighted by molar-refractivity contribution is 6.09. The normalized spacial score (nSPS) is 10.5. The summed E-state index contributed by atoms with van der Waals surface area (Å²) < 4.78 is 9.87. The van der Waals surface area contributed by atoms with Crippen LogP contribution < -0.4 is 10.6 Å². The zero-order valence-electron chi connectivity index (χ0n) is 17.3. The number of anilines is 2. The van der Waals surface area contributed by atoms with Gasteiger partial charge in [0.25, 0.3) is 5.91 Å². The molecule has 8 heteroatoms. The maximum Gasteiger partial charge on any atom is 0.340 e. The van der Waals surface area contributed by atoms with Crippen LogP contribution in [0.25, 0.3) is 0 Å². The number of nitrogens with zero attached hydrogens (tertiary/aromatic N) is 1. The number of hydrogen-bond acceptors (Lipinski definition) is 7. The predicted octanol–water partition coefficient (Wildman–Crippen LogP) is 3.89. The van der Waals surface area contributed by atoms with Crippen molar-refractivity contribution in [3.63, 3.8) is 0 Å². The predicted molar refractivity (Wildman–Crippen MR) is 115 cm³/mol.